The topological polar surface area (TPSA) is 45.2 Å². The number of aryl methyl sites for hydroxylation is 1. The first-order valence-corrected chi connectivity index (χ1v) is 6.89. The molecule has 0 amide bonds. The van der Waals surface area contributed by atoms with Crippen LogP contribution in [0.4, 0.5) is 0 Å². The number of thiazole rings is 1. The van der Waals surface area contributed by atoms with Crippen molar-refractivity contribution in [1.82, 2.24) is 10.3 Å². The lowest BCUT2D eigenvalue weighted by atomic mass is 9.92. The number of aliphatic hydroxyl groups is 1. The maximum atomic E-state index is 9.45. The van der Waals surface area contributed by atoms with E-state index < -0.39 is 0 Å². The van der Waals surface area contributed by atoms with Gasteiger partial charge in [0.25, 0.3) is 0 Å². The second-order valence-corrected chi connectivity index (χ2v) is 5.58. The van der Waals surface area contributed by atoms with Crippen LogP contribution in [0.3, 0.4) is 0 Å². The molecule has 90 valence electrons. The highest BCUT2D eigenvalue weighted by atomic mass is 32.1. The summed E-state index contributed by atoms with van der Waals surface area (Å²) in [6, 6.07) is 0.938. The summed E-state index contributed by atoms with van der Waals surface area (Å²) in [5, 5.41) is 13.1. The molecule has 1 fully saturated rings. The van der Waals surface area contributed by atoms with Crippen LogP contribution in [0.5, 0.6) is 0 Å². The van der Waals surface area contributed by atoms with E-state index in [-0.39, 0.29) is 6.10 Å². The minimum Gasteiger partial charge on any atom is -0.393 e. The normalized spacial score (nSPS) is 27.9. The summed E-state index contributed by atoms with van der Waals surface area (Å²) in [6.07, 6.45) is 3.98. The summed E-state index contributed by atoms with van der Waals surface area (Å²) < 4.78 is 0. The molecule has 0 spiro atoms. The van der Waals surface area contributed by atoms with Crippen molar-refractivity contribution < 1.29 is 5.11 Å². The molecule has 1 heterocycles. The first-order chi connectivity index (χ1) is 7.66. The molecule has 1 atom stereocenters. The third kappa shape index (κ3) is 2.81. The zero-order valence-corrected chi connectivity index (χ0v) is 10.8. The molecule has 1 aromatic heterocycles. The standard InChI is InChI=1S/C12H20N2OS/c1-8-12(16-7-13-8)9(2)14-10-3-5-11(15)6-4-10/h7,9-11,14-15H,3-6H2,1-2H3. The summed E-state index contributed by atoms with van der Waals surface area (Å²) in [4.78, 5) is 5.62. The van der Waals surface area contributed by atoms with Crippen LogP contribution in [0.25, 0.3) is 0 Å². The van der Waals surface area contributed by atoms with Gasteiger partial charge in [-0.3, -0.25) is 0 Å². The van der Waals surface area contributed by atoms with E-state index in [4.69, 9.17) is 0 Å². The maximum Gasteiger partial charge on any atom is 0.0798 e. The molecule has 2 N–H and O–H groups in total. The Morgan fingerprint density at radius 2 is 2.12 bits per heavy atom. The summed E-state index contributed by atoms with van der Waals surface area (Å²) in [7, 11) is 0. The summed E-state index contributed by atoms with van der Waals surface area (Å²) >= 11 is 1.72. The molecule has 0 aromatic carbocycles. The quantitative estimate of drug-likeness (QED) is 0.853. The number of aliphatic hydroxyl groups excluding tert-OH is 1. The number of hydrogen-bond acceptors (Lipinski definition) is 4. The van der Waals surface area contributed by atoms with Crippen molar-refractivity contribution in [3.8, 4) is 0 Å². The van der Waals surface area contributed by atoms with E-state index >= 15 is 0 Å². The molecule has 4 heteroatoms. The van der Waals surface area contributed by atoms with Crippen LogP contribution in [-0.4, -0.2) is 22.2 Å². The third-order valence-corrected chi connectivity index (χ3v) is 4.47. The molecule has 2 rings (SSSR count). The van der Waals surface area contributed by atoms with Crippen LogP contribution in [0.15, 0.2) is 5.51 Å². The molecular formula is C12H20N2OS. The van der Waals surface area contributed by atoms with Crippen LogP contribution < -0.4 is 5.32 Å². The number of rotatable bonds is 3. The summed E-state index contributed by atoms with van der Waals surface area (Å²) in [6.45, 7) is 4.26. The van der Waals surface area contributed by atoms with Crippen molar-refractivity contribution in [2.45, 2.75) is 57.7 Å². The van der Waals surface area contributed by atoms with Gasteiger partial charge in [-0.05, 0) is 39.5 Å². The van der Waals surface area contributed by atoms with Gasteiger partial charge in [0.05, 0.1) is 17.3 Å². The maximum absolute atomic E-state index is 9.45. The highest BCUT2D eigenvalue weighted by molar-refractivity contribution is 7.09. The highest BCUT2D eigenvalue weighted by Gasteiger charge is 2.21. The molecule has 1 aliphatic rings. The van der Waals surface area contributed by atoms with Gasteiger partial charge in [0.1, 0.15) is 0 Å². The zero-order chi connectivity index (χ0) is 11.5. The van der Waals surface area contributed by atoms with Crippen molar-refractivity contribution in [3.63, 3.8) is 0 Å². The van der Waals surface area contributed by atoms with E-state index in [1.54, 1.807) is 11.3 Å². The zero-order valence-electron chi connectivity index (χ0n) is 9.94. The van der Waals surface area contributed by atoms with Gasteiger partial charge in [-0.25, -0.2) is 4.98 Å². The van der Waals surface area contributed by atoms with Gasteiger partial charge in [-0.2, -0.15) is 0 Å². The Balaban J connectivity index is 1.88. The predicted octanol–water partition coefficient (Wildman–Crippen LogP) is 2.41. The number of nitrogens with zero attached hydrogens (tertiary/aromatic N) is 1. The van der Waals surface area contributed by atoms with Crippen molar-refractivity contribution in [1.29, 1.82) is 0 Å². The van der Waals surface area contributed by atoms with Crippen molar-refractivity contribution in [3.05, 3.63) is 16.1 Å². The second kappa shape index (κ2) is 5.25. The number of aromatic nitrogens is 1. The van der Waals surface area contributed by atoms with E-state index in [2.05, 4.69) is 24.1 Å². The average Bonchev–Trinajstić information content (AvgIpc) is 2.68. The van der Waals surface area contributed by atoms with E-state index in [0.717, 1.165) is 31.4 Å². The third-order valence-electron chi connectivity index (χ3n) is 3.36. The summed E-state index contributed by atoms with van der Waals surface area (Å²) in [5.74, 6) is 0. The summed E-state index contributed by atoms with van der Waals surface area (Å²) in [5.41, 5.74) is 3.05. The molecular weight excluding hydrogens is 220 g/mol. The molecule has 16 heavy (non-hydrogen) atoms. The highest BCUT2D eigenvalue weighted by Crippen LogP contribution is 2.25. The van der Waals surface area contributed by atoms with E-state index in [1.807, 2.05) is 5.51 Å². The minimum atomic E-state index is -0.0708. The average molecular weight is 240 g/mol. The molecule has 1 aromatic rings. The predicted molar refractivity (Wildman–Crippen MR) is 66.7 cm³/mol. The molecule has 0 radical (unpaired) electrons. The molecule has 0 bridgehead atoms. The second-order valence-electron chi connectivity index (χ2n) is 4.70. The van der Waals surface area contributed by atoms with E-state index in [0.29, 0.717) is 12.1 Å². The molecule has 1 unspecified atom stereocenters. The van der Waals surface area contributed by atoms with Gasteiger partial charge < -0.3 is 10.4 Å². The fourth-order valence-electron chi connectivity index (χ4n) is 2.40. The molecule has 3 nitrogen and oxygen atoms in total. The Bertz CT molecular complexity index is 332. The van der Waals surface area contributed by atoms with Gasteiger partial charge in [-0.15, -0.1) is 11.3 Å². The number of hydrogen-bond donors (Lipinski definition) is 2. The van der Waals surface area contributed by atoms with Crippen LogP contribution in [0.2, 0.25) is 0 Å². The Morgan fingerprint density at radius 3 is 2.69 bits per heavy atom. The van der Waals surface area contributed by atoms with Crippen LogP contribution in [0.1, 0.15) is 49.2 Å². The molecule has 1 aliphatic carbocycles. The van der Waals surface area contributed by atoms with Gasteiger partial charge in [0.2, 0.25) is 0 Å². The first-order valence-electron chi connectivity index (χ1n) is 6.01. The lowest BCUT2D eigenvalue weighted by Gasteiger charge is -2.28. The molecule has 0 aliphatic heterocycles. The minimum absolute atomic E-state index is 0.0708. The largest absolute Gasteiger partial charge is 0.393 e. The fourth-order valence-corrected chi connectivity index (χ4v) is 3.22. The van der Waals surface area contributed by atoms with E-state index in [1.165, 1.54) is 4.88 Å². The Labute approximate surface area is 101 Å². The van der Waals surface area contributed by atoms with Crippen LogP contribution in [-0.2, 0) is 0 Å². The van der Waals surface area contributed by atoms with Gasteiger partial charge in [0.15, 0.2) is 0 Å². The lowest BCUT2D eigenvalue weighted by Crippen LogP contribution is -2.36. The Morgan fingerprint density at radius 1 is 1.44 bits per heavy atom. The fraction of sp³-hybridized carbons (Fsp3) is 0.750. The van der Waals surface area contributed by atoms with Crippen LogP contribution >= 0.6 is 11.3 Å². The van der Waals surface area contributed by atoms with Gasteiger partial charge in [0, 0.05) is 17.0 Å². The van der Waals surface area contributed by atoms with Crippen molar-refractivity contribution >= 4 is 11.3 Å². The van der Waals surface area contributed by atoms with E-state index in [9.17, 15) is 5.11 Å². The first kappa shape index (κ1) is 12.0. The lowest BCUT2D eigenvalue weighted by molar-refractivity contribution is 0.114. The van der Waals surface area contributed by atoms with Crippen LogP contribution in [0, 0.1) is 6.92 Å². The molecule has 0 saturated heterocycles. The Kier molecular flexibility index (Phi) is 3.95. The van der Waals surface area contributed by atoms with Gasteiger partial charge in [-0.1, -0.05) is 0 Å². The van der Waals surface area contributed by atoms with Gasteiger partial charge >= 0.3 is 0 Å². The molecule has 1 saturated carbocycles. The van der Waals surface area contributed by atoms with Crippen molar-refractivity contribution in [2.24, 2.45) is 0 Å². The number of nitrogens with one attached hydrogen (secondary N) is 1. The SMILES string of the molecule is Cc1ncsc1C(C)NC1CCC(O)CC1. The van der Waals surface area contributed by atoms with Crippen molar-refractivity contribution in [2.75, 3.05) is 0 Å². The Hall–Kier alpha value is -0.450. The monoisotopic (exact) mass is 240 g/mol. The smallest absolute Gasteiger partial charge is 0.0798 e.